The van der Waals surface area contributed by atoms with Gasteiger partial charge in [-0.05, 0) is 17.7 Å². The zero-order valence-electron chi connectivity index (χ0n) is 10.4. The summed E-state index contributed by atoms with van der Waals surface area (Å²) >= 11 is 4.71. The Morgan fingerprint density at radius 1 is 1.32 bits per heavy atom. The van der Waals surface area contributed by atoms with E-state index in [1.807, 2.05) is 24.3 Å². The predicted octanol–water partition coefficient (Wildman–Crippen LogP) is 2.45. The number of amidine groups is 1. The van der Waals surface area contributed by atoms with Gasteiger partial charge >= 0.3 is 0 Å². The van der Waals surface area contributed by atoms with E-state index in [0.29, 0.717) is 5.17 Å². The number of nitrogens with zero attached hydrogens (tertiary/aromatic N) is 2. The summed E-state index contributed by atoms with van der Waals surface area (Å²) in [6, 6.07) is 7.66. The Kier molecular flexibility index (Phi) is 4.26. The normalized spacial score (nSPS) is 18.2. The lowest BCUT2D eigenvalue weighted by molar-refractivity contribution is -0.129. The smallest absolute Gasteiger partial charge is 0.241 e. The van der Waals surface area contributed by atoms with Crippen LogP contribution in [0.1, 0.15) is 24.8 Å². The van der Waals surface area contributed by atoms with Crippen LogP contribution in [-0.4, -0.2) is 22.0 Å². The van der Waals surface area contributed by atoms with Crippen LogP contribution in [0.5, 0.6) is 0 Å². The molecule has 5 nitrogen and oxygen atoms in total. The number of halogens is 1. The van der Waals surface area contributed by atoms with Crippen molar-refractivity contribution in [2.45, 2.75) is 19.2 Å². The van der Waals surface area contributed by atoms with Gasteiger partial charge in [0.2, 0.25) is 11.8 Å². The third kappa shape index (κ3) is 3.36. The van der Waals surface area contributed by atoms with Crippen molar-refractivity contribution in [1.82, 2.24) is 10.3 Å². The van der Waals surface area contributed by atoms with Crippen LogP contribution in [0.4, 0.5) is 0 Å². The number of carbonyl (C=O) groups excluding carboxylic acids is 2. The van der Waals surface area contributed by atoms with Crippen molar-refractivity contribution < 1.29 is 9.59 Å². The Hall–Kier alpha value is -1.34. The van der Waals surface area contributed by atoms with Gasteiger partial charge in [-0.1, -0.05) is 39.8 Å². The molecule has 1 heterocycles. The molecule has 1 unspecified atom stereocenters. The average Bonchev–Trinajstić information content (AvgIpc) is 2.73. The number of amides is 2. The lowest BCUT2D eigenvalue weighted by atomic mass is 10.2. The van der Waals surface area contributed by atoms with Crippen molar-refractivity contribution in [3.05, 3.63) is 34.3 Å². The van der Waals surface area contributed by atoms with Crippen molar-refractivity contribution in [2.75, 3.05) is 0 Å². The second-order valence-corrected chi connectivity index (χ2v) is 5.96. The van der Waals surface area contributed by atoms with Gasteiger partial charge in [0.05, 0.1) is 0 Å². The van der Waals surface area contributed by atoms with Crippen LogP contribution in [-0.2, 0) is 9.59 Å². The monoisotopic (exact) mass is 341 g/mol. The minimum atomic E-state index is -0.243. The van der Waals surface area contributed by atoms with Crippen molar-refractivity contribution in [1.29, 1.82) is 0 Å². The molecule has 0 aliphatic carbocycles. The molecule has 0 fully saturated rings. The second-order valence-electron chi connectivity index (χ2n) is 3.97. The highest BCUT2D eigenvalue weighted by Crippen LogP contribution is 2.38. The molecule has 0 saturated heterocycles. The van der Waals surface area contributed by atoms with Crippen LogP contribution in [0.15, 0.2) is 33.8 Å². The first-order valence-electron chi connectivity index (χ1n) is 5.55. The van der Waals surface area contributed by atoms with Crippen LogP contribution >= 0.6 is 27.7 Å². The molecule has 2 rings (SSSR count). The Labute approximate surface area is 123 Å². The highest BCUT2D eigenvalue weighted by atomic mass is 79.9. The summed E-state index contributed by atoms with van der Waals surface area (Å²) in [4.78, 5) is 22.7. The van der Waals surface area contributed by atoms with E-state index >= 15 is 0 Å². The Bertz CT molecular complexity index is 544. The van der Waals surface area contributed by atoms with Crippen molar-refractivity contribution in [3.63, 3.8) is 0 Å². The summed E-state index contributed by atoms with van der Waals surface area (Å²) < 4.78 is 0.969. The van der Waals surface area contributed by atoms with E-state index < -0.39 is 0 Å². The summed E-state index contributed by atoms with van der Waals surface area (Å²) in [5, 5.41) is 8.31. The fourth-order valence-corrected chi connectivity index (χ4v) is 3.01. The molecule has 0 saturated carbocycles. The molecule has 0 aromatic heterocycles. The first-order chi connectivity index (χ1) is 8.97. The third-order valence-corrected chi connectivity index (χ3v) is 4.04. The molecule has 0 spiro atoms. The zero-order chi connectivity index (χ0) is 14.0. The molecule has 0 radical (unpaired) electrons. The van der Waals surface area contributed by atoms with E-state index in [0.717, 1.165) is 10.0 Å². The van der Waals surface area contributed by atoms with E-state index in [-0.39, 0.29) is 17.2 Å². The van der Waals surface area contributed by atoms with E-state index in [9.17, 15) is 9.59 Å². The molecule has 100 valence electrons. The van der Waals surface area contributed by atoms with Crippen molar-refractivity contribution >= 4 is 44.7 Å². The molecule has 19 heavy (non-hydrogen) atoms. The first kappa shape index (κ1) is 14.1. The minimum absolute atomic E-state index is 0.166. The number of rotatable bonds is 1. The molecular weight excluding hydrogens is 330 g/mol. The van der Waals surface area contributed by atoms with E-state index in [2.05, 4.69) is 26.3 Å². The topological polar surface area (TPSA) is 61.8 Å². The van der Waals surface area contributed by atoms with Gasteiger partial charge in [0.25, 0.3) is 0 Å². The van der Waals surface area contributed by atoms with Crippen LogP contribution in [0.3, 0.4) is 0 Å². The number of hydrazone groups is 1. The van der Waals surface area contributed by atoms with Crippen LogP contribution in [0.2, 0.25) is 0 Å². The fourth-order valence-electron chi connectivity index (χ4n) is 1.61. The molecule has 1 atom stereocenters. The molecule has 1 aliphatic rings. The first-order valence-corrected chi connectivity index (χ1v) is 7.23. The third-order valence-electron chi connectivity index (χ3n) is 2.40. The summed E-state index contributed by atoms with van der Waals surface area (Å²) in [6.45, 7) is 2.86. The van der Waals surface area contributed by atoms with Gasteiger partial charge in [0.1, 0.15) is 5.37 Å². The number of nitrogens with one attached hydrogen (secondary N) is 1. The highest BCUT2D eigenvalue weighted by molar-refractivity contribution is 9.10. The van der Waals surface area contributed by atoms with E-state index in [4.69, 9.17) is 0 Å². The molecule has 1 N–H and O–H groups in total. The second kappa shape index (κ2) is 5.75. The molecule has 1 aromatic rings. The quantitative estimate of drug-likeness (QED) is 0.853. The predicted molar refractivity (Wildman–Crippen MR) is 78.2 cm³/mol. The highest BCUT2D eigenvalue weighted by Gasteiger charge is 2.32. The van der Waals surface area contributed by atoms with Gasteiger partial charge < -0.3 is 5.32 Å². The Morgan fingerprint density at radius 2 is 1.95 bits per heavy atom. The molecule has 2 amide bonds. The van der Waals surface area contributed by atoms with Crippen molar-refractivity contribution in [3.8, 4) is 0 Å². The van der Waals surface area contributed by atoms with Gasteiger partial charge in [-0.15, -0.1) is 5.10 Å². The van der Waals surface area contributed by atoms with Gasteiger partial charge in [-0.25, -0.2) is 5.01 Å². The zero-order valence-corrected chi connectivity index (χ0v) is 12.8. The van der Waals surface area contributed by atoms with E-state index in [1.165, 1.54) is 30.6 Å². The molecule has 1 aromatic carbocycles. The van der Waals surface area contributed by atoms with Crippen molar-refractivity contribution in [2.24, 2.45) is 5.10 Å². The van der Waals surface area contributed by atoms with Gasteiger partial charge in [0.15, 0.2) is 5.17 Å². The lowest BCUT2D eigenvalue weighted by Gasteiger charge is -2.19. The molecule has 0 bridgehead atoms. The summed E-state index contributed by atoms with van der Waals surface area (Å²) in [5.41, 5.74) is 0.951. The summed E-state index contributed by atoms with van der Waals surface area (Å²) in [5.74, 6) is -0.369. The molecular formula is C12H12BrN3O2S. The maximum absolute atomic E-state index is 11.6. The largest absolute Gasteiger partial charge is 0.304 e. The number of thioether (sulfide) groups is 1. The lowest BCUT2D eigenvalue weighted by Crippen LogP contribution is -2.25. The summed E-state index contributed by atoms with van der Waals surface area (Å²) in [7, 11) is 0. The van der Waals surface area contributed by atoms with Crippen LogP contribution in [0, 0.1) is 0 Å². The number of hydrogen-bond donors (Lipinski definition) is 1. The average molecular weight is 342 g/mol. The fraction of sp³-hybridized carbons (Fsp3) is 0.250. The maximum Gasteiger partial charge on any atom is 0.241 e. The van der Waals surface area contributed by atoms with E-state index in [1.54, 1.807) is 0 Å². The number of benzene rings is 1. The van der Waals surface area contributed by atoms with Gasteiger partial charge in [-0.3, -0.25) is 9.59 Å². The Morgan fingerprint density at radius 3 is 2.47 bits per heavy atom. The Balaban J connectivity index is 2.24. The van der Waals surface area contributed by atoms with Gasteiger partial charge in [0, 0.05) is 18.3 Å². The van der Waals surface area contributed by atoms with Gasteiger partial charge in [-0.2, -0.15) is 0 Å². The molecule has 7 heteroatoms. The number of carbonyl (C=O) groups is 2. The maximum atomic E-state index is 11.6. The minimum Gasteiger partial charge on any atom is -0.304 e. The number of hydrogen-bond acceptors (Lipinski definition) is 4. The SMILES string of the molecule is CC(=O)NC1=NN(C(C)=O)C(c2ccc(Br)cc2)S1. The summed E-state index contributed by atoms with van der Waals surface area (Å²) in [6.07, 6.45) is 0. The van der Waals surface area contributed by atoms with Crippen LogP contribution in [0.25, 0.3) is 0 Å². The molecule has 1 aliphatic heterocycles. The standard InChI is InChI=1S/C12H12BrN3O2S/c1-7(17)14-12-15-16(8(2)18)11(19-12)9-3-5-10(13)6-4-9/h3-6,11H,1-2H3,(H,14,15,17). The van der Waals surface area contributed by atoms with Crippen LogP contribution < -0.4 is 5.32 Å².